The molecule has 0 N–H and O–H groups in total. The Hall–Kier alpha value is -2.91. The first kappa shape index (κ1) is 18.5. The van der Waals surface area contributed by atoms with Crippen molar-refractivity contribution in [2.75, 3.05) is 6.61 Å². The molecule has 0 bridgehead atoms. The van der Waals surface area contributed by atoms with Crippen molar-refractivity contribution in [1.29, 1.82) is 0 Å². The number of hydrogen-bond acceptors (Lipinski definition) is 3. The molecule has 0 aliphatic carbocycles. The summed E-state index contributed by atoms with van der Waals surface area (Å²) in [6, 6.07) is 28.8. The first-order chi connectivity index (χ1) is 13.7. The number of carbonyl (C=O) groups excluding carboxylic acids is 1. The summed E-state index contributed by atoms with van der Waals surface area (Å²) in [5.74, 6) is -0.146. The van der Waals surface area contributed by atoms with Gasteiger partial charge < -0.3 is 4.74 Å². The average Bonchev–Trinajstić information content (AvgIpc) is 3.45. The van der Waals surface area contributed by atoms with Gasteiger partial charge in [-0.1, -0.05) is 84.9 Å². The van der Waals surface area contributed by atoms with Gasteiger partial charge in [0.15, 0.2) is 0 Å². The van der Waals surface area contributed by atoms with Crippen LogP contribution in [-0.4, -0.2) is 23.5 Å². The van der Waals surface area contributed by atoms with Gasteiger partial charge in [-0.3, -0.25) is 9.69 Å². The summed E-state index contributed by atoms with van der Waals surface area (Å²) in [6.07, 6.45) is 0. The van der Waals surface area contributed by atoms with Crippen LogP contribution in [0.5, 0.6) is 0 Å². The Morgan fingerprint density at radius 3 is 1.96 bits per heavy atom. The zero-order chi connectivity index (χ0) is 19.5. The van der Waals surface area contributed by atoms with Gasteiger partial charge in [-0.2, -0.15) is 0 Å². The minimum atomic E-state index is -0.272. The van der Waals surface area contributed by atoms with Crippen molar-refractivity contribution in [3.8, 4) is 0 Å². The van der Waals surface area contributed by atoms with Crippen molar-refractivity contribution >= 4 is 5.97 Å². The van der Waals surface area contributed by atoms with E-state index in [9.17, 15) is 4.79 Å². The lowest BCUT2D eigenvalue weighted by molar-refractivity contribution is -0.143. The Balaban J connectivity index is 1.79. The fourth-order valence-electron chi connectivity index (χ4n) is 4.10. The smallest absolute Gasteiger partial charge is 0.325 e. The molecule has 3 nitrogen and oxygen atoms in total. The van der Waals surface area contributed by atoms with Crippen LogP contribution in [0.15, 0.2) is 84.9 Å². The number of aryl methyl sites for hydroxylation is 1. The number of carbonyl (C=O) groups is 1. The van der Waals surface area contributed by atoms with E-state index < -0.39 is 0 Å². The Morgan fingerprint density at radius 1 is 0.893 bits per heavy atom. The highest BCUT2D eigenvalue weighted by Crippen LogP contribution is 2.52. The Bertz CT molecular complexity index is 900. The minimum Gasteiger partial charge on any atom is -0.465 e. The molecule has 1 fully saturated rings. The van der Waals surface area contributed by atoms with Crippen molar-refractivity contribution < 1.29 is 9.53 Å². The maximum Gasteiger partial charge on any atom is 0.325 e. The zero-order valence-corrected chi connectivity index (χ0v) is 16.3. The normalized spacial score (nSPS) is 20.8. The molecule has 0 spiro atoms. The van der Waals surface area contributed by atoms with Crippen LogP contribution >= 0.6 is 0 Å². The molecule has 1 aliphatic heterocycles. The van der Waals surface area contributed by atoms with Crippen molar-refractivity contribution in [2.24, 2.45) is 0 Å². The van der Waals surface area contributed by atoms with E-state index in [0.29, 0.717) is 6.61 Å². The van der Waals surface area contributed by atoms with E-state index >= 15 is 0 Å². The van der Waals surface area contributed by atoms with E-state index in [1.165, 1.54) is 22.3 Å². The highest BCUT2D eigenvalue weighted by molar-refractivity contribution is 5.81. The molecule has 3 atom stereocenters. The summed E-state index contributed by atoms with van der Waals surface area (Å²) in [5.41, 5.74) is 4.75. The van der Waals surface area contributed by atoms with E-state index in [4.69, 9.17) is 4.74 Å². The van der Waals surface area contributed by atoms with Gasteiger partial charge in [0.2, 0.25) is 0 Å². The maximum atomic E-state index is 12.8. The van der Waals surface area contributed by atoms with Crippen molar-refractivity contribution in [3.05, 3.63) is 107 Å². The lowest BCUT2D eigenvalue weighted by Crippen LogP contribution is -2.20. The summed E-state index contributed by atoms with van der Waals surface area (Å²) >= 11 is 0. The Kier molecular flexibility index (Phi) is 5.27. The van der Waals surface area contributed by atoms with Crippen LogP contribution in [0, 0.1) is 6.92 Å². The van der Waals surface area contributed by atoms with Crippen molar-refractivity contribution in [3.63, 3.8) is 0 Å². The van der Waals surface area contributed by atoms with Crippen LogP contribution in [0.1, 0.15) is 41.3 Å². The number of hydrogen-bond donors (Lipinski definition) is 0. The van der Waals surface area contributed by atoms with E-state index in [1.54, 1.807) is 0 Å². The molecule has 1 aliphatic rings. The molecule has 0 aromatic heterocycles. The molecule has 3 heteroatoms. The van der Waals surface area contributed by atoms with Gasteiger partial charge in [-0.15, -0.1) is 0 Å². The second kappa shape index (κ2) is 7.99. The molecular weight excluding hydrogens is 346 g/mol. The fraction of sp³-hybridized carbons (Fsp3) is 0.240. The van der Waals surface area contributed by atoms with Crippen LogP contribution in [-0.2, 0) is 9.53 Å². The van der Waals surface area contributed by atoms with Crippen LogP contribution in [0.25, 0.3) is 0 Å². The molecule has 4 rings (SSSR count). The third-order valence-electron chi connectivity index (χ3n) is 5.42. The second-order valence-electron chi connectivity index (χ2n) is 7.17. The second-order valence-corrected chi connectivity index (χ2v) is 7.17. The van der Waals surface area contributed by atoms with E-state index in [0.717, 1.165) is 0 Å². The molecule has 142 valence electrons. The van der Waals surface area contributed by atoms with Crippen LogP contribution in [0.4, 0.5) is 0 Å². The van der Waals surface area contributed by atoms with E-state index in [2.05, 4.69) is 72.5 Å². The predicted molar refractivity (Wildman–Crippen MR) is 111 cm³/mol. The molecule has 0 saturated carbocycles. The van der Waals surface area contributed by atoms with Crippen LogP contribution in [0.2, 0.25) is 0 Å². The lowest BCUT2D eigenvalue weighted by Gasteiger charge is -2.21. The summed E-state index contributed by atoms with van der Waals surface area (Å²) in [5, 5.41) is 0. The predicted octanol–water partition coefficient (Wildman–Crippen LogP) is 5.07. The van der Waals surface area contributed by atoms with Gasteiger partial charge in [0.25, 0.3) is 0 Å². The van der Waals surface area contributed by atoms with Gasteiger partial charge in [-0.05, 0) is 36.1 Å². The van der Waals surface area contributed by atoms with Gasteiger partial charge in [0.1, 0.15) is 6.04 Å². The van der Waals surface area contributed by atoms with Gasteiger partial charge >= 0.3 is 5.97 Å². The van der Waals surface area contributed by atoms with Gasteiger partial charge in [-0.25, -0.2) is 0 Å². The fourth-order valence-corrected chi connectivity index (χ4v) is 4.10. The van der Waals surface area contributed by atoms with Crippen molar-refractivity contribution in [2.45, 2.75) is 32.0 Å². The molecule has 3 aromatic carbocycles. The molecule has 0 amide bonds. The van der Waals surface area contributed by atoms with Gasteiger partial charge in [0.05, 0.1) is 18.7 Å². The topological polar surface area (TPSA) is 29.3 Å². The third kappa shape index (κ3) is 3.46. The van der Waals surface area contributed by atoms with Crippen LogP contribution in [0.3, 0.4) is 0 Å². The summed E-state index contributed by atoms with van der Waals surface area (Å²) in [7, 11) is 0. The monoisotopic (exact) mass is 371 g/mol. The molecule has 1 saturated heterocycles. The number of rotatable bonds is 6. The molecule has 28 heavy (non-hydrogen) atoms. The molecule has 3 aromatic rings. The Labute approximate surface area is 166 Å². The summed E-state index contributed by atoms with van der Waals surface area (Å²) < 4.78 is 5.43. The Morgan fingerprint density at radius 2 is 1.43 bits per heavy atom. The molecular formula is C25H25NO2. The van der Waals surface area contributed by atoms with Crippen molar-refractivity contribution in [1.82, 2.24) is 4.90 Å². The van der Waals surface area contributed by atoms with E-state index in [1.807, 2.05) is 31.2 Å². The first-order valence-corrected chi connectivity index (χ1v) is 9.82. The molecule has 1 unspecified atom stereocenters. The summed E-state index contributed by atoms with van der Waals surface area (Å²) in [4.78, 5) is 15.1. The maximum absolute atomic E-state index is 12.8. The van der Waals surface area contributed by atoms with Gasteiger partial charge in [0, 0.05) is 0 Å². The number of esters is 1. The highest BCUT2D eigenvalue weighted by atomic mass is 16.5. The van der Waals surface area contributed by atoms with E-state index in [-0.39, 0.29) is 24.1 Å². The number of nitrogens with zero attached hydrogens (tertiary/aromatic N) is 1. The minimum absolute atomic E-state index is 0.00131. The largest absolute Gasteiger partial charge is 0.465 e. The number of ether oxygens (including phenoxy) is 1. The lowest BCUT2D eigenvalue weighted by atomic mass is 9.98. The quantitative estimate of drug-likeness (QED) is 0.447. The third-order valence-corrected chi connectivity index (χ3v) is 5.42. The molecule has 1 heterocycles. The average molecular weight is 371 g/mol. The zero-order valence-electron chi connectivity index (χ0n) is 16.3. The SMILES string of the molecule is CCOC(=O)[C@H]1[C@@H](c2ccccc2C)N1C(c1ccccc1)c1ccccc1. The summed E-state index contributed by atoms with van der Waals surface area (Å²) in [6.45, 7) is 4.36. The number of benzene rings is 3. The standard InChI is InChI=1S/C25H25NO2/c1-3-28-25(27)24-23(21-17-11-10-12-18(21)2)26(24)22(19-13-6-4-7-14-19)20-15-8-5-9-16-20/h4-17,22-24H,3H2,1-2H3/t23-,24-,26?/m1/s1. The molecule has 0 radical (unpaired) electrons. The first-order valence-electron chi connectivity index (χ1n) is 9.82. The van der Waals surface area contributed by atoms with Crippen LogP contribution < -0.4 is 0 Å². The highest BCUT2D eigenvalue weighted by Gasteiger charge is 2.58.